The van der Waals surface area contributed by atoms with Crippen LogP contribution in [0, 0.1) is 0 Å². The zero-order valence-electron chi connectivity index (χ0n) is 17.6. The minimum absolute atomic E-state index is 0.0825. The highest BCUT2D eigenvalue weighted by Gasteiger charge is 2.37. The number of likely N-dealkylation sites (tertiary alicyclic amines) is 1. The van der Waals surface area contributed by atoms with Gasteiger partial charge in [0, 0.05) is 25.5 Å². The van der Waals surface area contributed by atoms with Gasteiger partial charge in [-0.25, -0.2) is 0 Å². The van der Waals surface area contributed by atoms with E-state index in [0.29, 0.717) is 25.1 Å². The molecule has 0 spiro atoms. The number of amides is 3. The summed E-state index contributed by atoms with van der Waals surface area (Å²) in [6.07, 6.45) is 5.49. The van der Waals surface area contributed by atoms with Crippen molar-refractivity contribution in [3.8, 4) is 0 Å². The fourth-order valence-corrected chi connectivity index (χ4v) is 5.95. The number of hydrogen-bond acceptors (Lipinski definition) is 5. The van der Waals surface area contributed by atoms with Gasteiger partial charge in [-0.2, -0.15) is 0 Å². The minimum Gasteiger partial charge on any atom is -0.336 e. The van der Waals surface area contributed by atoms with Gasteiger partial charge in [-0.05, 0) is 44.8 Å². The van der Waals surface area contributed by atoms with E-state index in [2.05, 4.69) is 4.90 Å². The van der Waals surface area contributed by atoms with E-state index in [1.165, 1.54) is 29.1 Å². The summed E-state index contributed by atoms with van der Waals surface area (Å²) in [5, 5.41) is 0.726. The summed E-state index contributed by atoms with van der Waals surface area (Å²) in [4.78, 5) is 46.9. The van der Waals surface area contributed by atoms with Gasteiger partial charge < -0.3 is 14.7 Å². The van der Waals surface area contributed by atoms with Gasteiger partial charge in [-0.15, -0.1) is 11.3 Å². The number of fused-ring (bicyclic) bond motifs is 3. The molecular formula is C21H30N4O3S. The Morgan fingerprint density at radius 3 is 2.38 bits per heavy atom. The van der Waals surface area contributed by atoms with Crippen LogP contribution in [0.5, 0.6) is 0 Å². The van der Waals surface area contributed by atoms with Crippen LogP contribution >= 0.6 is 11.3 Å². The number of thiophene rings is 1. The van der Waals surface area contributed by atoms with E-state index in [1.807, 2.05) is 11.8 Å². The molecule has 3 aliphatic heterocycles. The number of rotatable bonds is 2. The molecule has 0 N–H and O–H groups in total. The SMILES string of the molecule is CC(C(=O)N1CCc2c(sc3c2C(=O)N(C)CC(=O)N3C)C1)N1CCCCCC1. The van der Waals surface area contributed by atoms with Crippen molar-refractivity contribution < 1.29 is 14.4 Å². The highest BCUT2D eigenvalue weighted by Crippen LogP contribution is 2.40. The first-order chi connectivity index (χ1) is 13.9. The molecule has 158 valence electrons. The smallest absolute Gasteiger partial charge is 0.257 e. The number of anilines is 1. The molecule has 4 heterocycles. The van der Waals surface area contributed by atoms with E-state index in [4.69, 9.17) is 0 Å². The van der Waals surface area contributed by atoms with Crippen molar-refractivity contribution in [2.75, 3.05) is 45.2 Å². The maximum atomic E-state index is 13.2. The molecule has 1 aromatic heterocycles. The lowest BCUT2D eigenvalue weighted by atomic mass is 10.0. The van der Waals surface area contributed by atoms with Crippen molar-refractivity contribution in [1.82, 2.24) is 14.7 Å². The normalized spacial score (nSPS) is 22.1. The van der Waals surface area contributed by atoms with E-state index in [0.717, 1.165) is 41.4 Å². The van der Waals surface area contributed by atoms with Gasteiger partial charge in [0.15, 0.2) is 0 Å². The quantitative estimate of drug-likeness (QED) is 0.736. The summed E-state index contributed by atoms with van der Waals surface area (Å²) in [6, 6.07) is -0.107. The van der Waals surface area contributed by atoms with Gasteiger partial charge in [0.25, 0.3) is 5.91 Å². The third-order valence-corrected chi connectivity index (χ3v) is 7.80. The van der Waals surface area contributed by atoms with Crippen LogP contribution in [0.25, 0.3) is 0 Å². The lowest BCUT2D eigenvalue weighted by Crippen LogP contribution is -2.48. The zero-order valence-corrected chi connectivity index (χ0v) is 18.4. The number of nitrogens with zero attached hydrogens (tertiary/aromatic N) is 4. The summed E-state index contributed by atoms with van der Waals surface area (Å²) in [5.74, 6) is 0.00264. The van der Waals surface area contributed by atoms with Crippen LogP contribution in [-0.2, 0) is 22.6 Å². The molecule has 3 amide bonds. The second-order valence-corrected chi connectivity index (χ2v) is 9.52. The van der Waals surface area contributed by atoms with Crippen LogP contribution in [0.1, 0.15) is 53.4 Å². The molecule has 29 heavy (non-hydrogen) atoms. The van der Waals surface area contributed by atoms with E-state index in [9.17, 15) is 14.4 Å². The molecule has 3 aliphatic rings. The molecular weight excluding hydrogens is 388 g/mol. The van der Waals surface area contributed by atoms with Crippen molar-refractivity contribution in [2.24, 2.45) is 0 Å². The van der Waals surface area contributed by atoms with E-state index in [1.54, 1.807) is 19.0 Å². The van der Waals surface area contributed by atoms with Gasteiger partial charge in [-0.1, -0.05) is 12.8 Å². The van der Waals surface area contributed by atoms with Crippen molar-refractivity contribution in [1.29, 1.82) is 0 Å². The average molecular weight is 419 g/mol. The predicted octanol–water partition coefficient (Wildman–Crippen LogP) is 1.95. The molecule has 1 fully saturated rings. The van der Waals surface area contributed by atoms with Gasteiger partial charge >= 0.3 is 0 Å². The third kappa shape index (κ3) is 3.68. The molecule has 0 aromatic carbocycles. The molecule has 0 saturated carbocycles. The Balaban J connectivity index is 1.56. The molecule has 1 saturated heterocycles. The molecule has 4 rings (SSSR count). The van der Waals surface area contributed by atoms with Gasteiger partial charge in [0.2, 0.25) is 11.8 Å². The van der Waals surface area contributed by atoms with E-state index in [-0.39, 0.29) is 30.3 Å². The Labute approximate surface area is 176 Å². The van der Waals surface area contributed by atoms with Crippen LogP contribution < -0.4 is 4.90 Å². The van der Waals surface area contributed by atoms with Crippen LogP contribution in [-0.4, -0.2) is 78.7 Å². The van der Waals surface area contributed by atoms with Crippen molar-refractivity contribution in [2.45, 2.75) is 51.6 Å². The fraction of sp³-hybridized carbons (Fsp3) is 0.667. The van der Waals surface area contributed by atoms with Gasteiger partial charge in [-0.3, -0.25) is 19.3 Å². The average Bonchev–Trinajstić information content (AvgIpc) is 2.85. The van der Waals surface area contributed by atoms with Crippen LogP contribution in [0.3, 0.4) is 0 Å². The van der Waals surface area contributed by atoms with Crippen molar-refractivity contribution in [3.05, 3.63) is 16.0 Å². The first-order valence-electron chi connectivity index (χ1n) is 10.6. The summed E-state index contributed by atoms with van der Waals surface area (Å²) >= 11 is 1.49. The van der Waals surface area contributed by atoms with Crippen LogP contribution in [0.15, 0.2) is 0 Å². The lowest BCUT2D eigenvalue weighted by molar-refractivity contribution is -0.137. The molecule has 1 atom stereocenters. The topological polar surface area (TPSA) is 64.2 Å². The molecule has 0 aliphatic carbocycles. The Morgan fingerprint density at radius 2 is 1.69 bits per heavy atom. The lowest BCUT2D eigenvalue weighted by Gasteiger charge is -2.34. The fourth-order valence-electron chi connectivity index (χ4n) is 4.62. The second kappa shape index (κ2) is 8.07. The molecule has 1 aromatic rings. The monoisotopic (exact) mass is 418 g/mol. The van der Waals surface area contributed by atoms with Crippen LogP contribution in [0.2, 0.25) is 0 Å². The minimum atomic E-state index is -0.107. The van der Waals surface area contributed by atoms with Gasteiger partial charge in [0.05, 0.1) is 18.2 Å². The molecule has 0 radical (unpaired) electrons. The van der Waals surface area contributed by atoms with E-state index < -0.39 is 0 Å². The Morgan fingerprint density at radius 1 is 1.00 bits per heavy atom. The number of carbonyl (C=O) groups is 3. The second-order valence-electron chi connectivity index (χ2n) is 8.43. The molecule has 8 heteroatoms. The number of likely N-dealkylation sites (N-methyl/N-ethyl adjacent to an activating group) is 2. The maximum absolute atomic E-state index is 13.2. The summed E-state index contributed by atoms with van der Waals surface area (Å²) in [5.41, 5.74) is 1.68. The molecule has 0 bridgehead atoms. The largest absolute Gasteiger partial charge is 0.336 e. The summed E-state index contributed by atoms with van der Waals surface area (Å²) < 4.78 is 0. The third-order valence-electron chi connectivity index (χ3n) is 6.51. The highest BCUT2D eigenvalue weighted by molar-refractivity contribution is 7.17. The van der Waals surface area contributed by atoms with Crippen molar-refractivity contribution >= 4 is 34.1 Å². The van der Waals surface area contributed by atoms with Crippen LogP contribution in [0.4, 0.5) is 5.00 Å². The summed E-state index contributed by atoms with van der Waals surface area (Å²) in [7, 11) is 3.41. The Bertz CT molecular complexity index is 828. The molecule has 7 nitrogen and oxygen atoms in total. The van der Waals surface area contributed by atoms with E-state index >= 15 is 0 Å². The Hall–Kier alpha value is -1.93. The maximum Gasteiger partial charge on any atom is 0.257 e. The predicted molar refractivity (Wildman–Crippen MR) is 113 cm³/mol. The summed E-state index contributed by atoms with van der Waals surface area (Å²) in [6.45, 7) is 5.27. The highest BCUT2D eigenvalue weighted by atomic mass is 32.1. The molecule has 1 unspecified atom stereocenters. The van der Waals surface area contributed by atoms with Crippen molar-refractivity contribution in [3.63, 3.8) is 0 Å². The number of carbonyl (C=O) groups excluding carboxylic acids is 3. The first kappa shape index (κ1) is 20.3. The standard InChI is InChI=1S/C21H30N4O3S/c1-14(24-9-6-4-5-7-10-24)19(27)25-11-8-15-16(12-25)29-21-18(15)20(28)22(2)13-17(26)23(21)3/h14H,4-13H2,1-3H3. The van der Waals surface area contributed by atoms with Gasteiger partial charge in [0.1, 0.15) is 11.5 Å². The number of hydrogen-bond donors (Lipinski definition) is 0. The zero-order chi connectivity index (χ0) is 20.7. The first-order valence-corrected chi connectivity index (χ1v) is 11.4. The Kier molecular flexibility index (Phi) is 5.66.